The lowest BCUT2D eigenvalue weighted by Gasteiger charge is -2.14. The number of pyridine rings is 1. The minimum Gasteiger partial charge on any atom is -0.349 e. The average molecular weight is 375 g/mol. The first kappa shape index (κ1) is 18.6. The lowest BCUT2D eigenvalue weighted by Crippen LogP contribution is -2.28. The molecular weight excluding hydrogens is 361 g/mol. The summed E-state index contributed by atoms with van der Waals surface area (Å²) in [6.45, 7) is 1.85. The first-order valence-corrected chi connectivity index (χ1v) is 8.33. The van der Waals surface area contributed by atoms with Crippen molar-refractivity contribution in [1.82, 2.24) is 10.3 Å². The first-order chi connectivity index (χ1) is 11.3. The fourth-order valence-electron chi connectivity index (χ4n) is 1.93. The SMILES string of the molecule is CC(NC(=O)CSc1ncc(C(F)(F)F)cc1Cl)c1ccccc1. The van der Waals surface area contributed by atoms with Gasteiger partial charge in [-0.15, -0.1) is 0 Å². The molecule has 0 spiro atoms. The smallest absolute Gasteiger partial charge is 0.349 e. The molecule has 0 aliphatic heterocycles. The van der Waals surface area contributed by atoms with Gasteiger partial charge in [-0.2, -0.15) is 13.2 Å². The maximum atomic E-state index is 12.5. The van der Waals surface area contributed by atoms with E-state index in [2.05, 4.69) is 10.3 Å². The Morgan fingerprint density at radius 1 is 1.33 bits per heavy atom. The van der Waals surface area contributed by atoms with Crippen molar-refractivity contribution in [2.75, 3.05) is 5.75 Å². The molecular formula is C16H14ClF3N2OS. The summed E-state index contributed by atoms with van der Waals surface area (Å²) in [6, 6.07) is 10.1. The molecule has 0 saturated heterocycles. The summed E-state index contributed by atoms with van der Waals surface area (Å²) < 4.78 is 37.6. The predicted molar refractivity (Wildman–Crippen MR) is 88.0 cm³/mol. The highest BCUT2D eigenvalue weighted by atomic mass is 35.5. The van der Waals surface area contributed by atoms with Gasteiger partial charge >= 0.3 is 6.18 Å². The molecule has 1 amide bonds. The second-order valence-corrected chi connectivity index (χ2v) is 6.37. The molecule has 0 fully saturated rings. The van der Waals surface area contributed by atoms with Gasteiger partial charge < -0.3 is 5.32 Å². The van der Waals surface area contributed by atoms with Crippen LogP contribution in [0.2, 0.25) is 5.02 Å². The van der Waals surface area contributed by atoms with Crippen molar-refractivity contribution in [2.24, 2.45) is 0 Å². The molecule has 128 valence electrons. The van der Waals surface area contributed by atoms with Crippen molar-refractivity contribution in [2.45, 2.75) is 24.2 Å². The zero-order valence-corrected chi connectivity index (χ0v) is 14.2. The summed E-state index contributed by atoms with van der Waals surface area (Å²) >= 11 is 6.79. The number of hydrogen-bond donors (Lipinski definition) is 1. The molecule has 3 nitrogen and oxygen atoms in total. The Balaban J connectivity index is 1.92. The van der Waals surface area contributed by atoms with Crippen LogP contribution in [-0.4, -0.2) is 16.6 Å². The Hall–Kier alpha value is -1.73. The second kappa shape index (κ2) is 7.90. The third-order valence-electron chi connectivity index (χ3n) is 3.15. The summed E-state index contributed by atoms with van der Waals surface area (Å²) in [5.74, 6) is -0.246. The lowest BCUT2D eigenvalue weighted by atomic mass is 10.1. The summed E-state index contributed by atoms with van der Waals surface area (Å²) in [5.41, 5.74) is 0.0422. The quantitative estimate of drug-likeness (QED) is 0.770. The number of amides is 1. The number of aromatic nitrogens is 1. The third-order valence-corrected chi connectivity index (χ3v) is 4.56. The Morgan fingerprint density at radius 2 is 2.00 bits per heavy atom. The van der Waals surface area contributed by atoms with Crippen molar-refractivity contribution >= 4 is 29.3 Å². The molecule has 1 N–H and O–H groups in total. The third kappa shape index (κ3) is 5.14. The van der Waals surface area contributed by atoms with E-state index in [4.69, 9.17) is 11.6 Å². The summed E-state index contributed by atoms with van der Waals surface area (Å²) in [4.78, 5) is 15.6. The molecule has 2 rings (SSSR count). The van der Waals surface area contributed by atoms with E-state index in [1.165, 1.54) is 0 Å². The number of benzene rings is 1. The molecule has 24 heavy (non-hydrogen) atoms. The zero-order valence-electron chi connectivity index (χ0n) is 12.6. The Morgan fingerprint density at radius 3 is 2.58 bits per heavy atom. The average Bonchev–Trinajstić information content (AvgIpc) is 2.53. The van der Waals surface area contributed by atoms with Crippen LogP contribution in [0.1, 0.15) is 24.1 Å². The fourth-order valence-corrected chi connectivity index (χ4v) is 2.93. The molecule has 0 radical (unpaired) electrons. The van der Waals surface area contributed by atoms with E-state index in [0.29, 0.717) is 6.20 Å². The maximum absolute atomic E-state index is 12.5. The van der Waals surface area contributed by atoms with Crippen molar-refractivity contribution in [3.05, 3.63) is 58.7 Å². The molecule has 0 saturated carbocycles. The van der Waals surface area contributed by atoms with Crippen molar-refractivity contribution < 1.29 is 18.0 Å². The number of nitrogens with zero attached hydrogens (tertiary/aromatic N) is 1. The van der Waals surface area contributed by atoms with Crippen LogP contribution in [0.3, 0.4) is 0 Å². The molecule has 0 aliphatic rings. The van der Waals surface area contributed by atoms with Crippen molar-refractivity contribution in [3.63, 3.8) is 0 Å². The van der Waals surface area contributed by atoms with Crippen LogP contribution >= 0.6 is 23.4 Å². The molecule has 8 heteroatoms. The highest BCUT2D eigenvalue weighted by molar-refractivity contribution is 8.00. The summed E-state index contributed by atoms with van der Waals surface area (Å²) in [6.07, 6.45) is -3.79. The molecule has 0 aliphatic carbocycles. The zero-order chi connectivity index (χ0) is 17.7. The Kier molecular flexibility index (Phi) is 6.12. The number of thioether (sulfide) groups is 1. The Bertz CT molecular complexity index is 710. The van der Waals surface area contributed by atoms with Crippen LogP contribution in [0.15, 0.2) is 47.6 Å². The van der Waals surface area contributed by atoms with Crippen molar-refractivity contribution in [1.29, 1.82) is 0 Å². The lowest BCUT2D eigenvalue weighted by molar-refractivity contribution is -0.137. The Labute approximate surface area is 146 Å². The van der Waals surface area contributed by atoms with Gasteiger partial charge in [0.25, 0.3) is 0 Å². The predicted octanol–water partition coefficient (Wildman–Crippen LogP) is 4.72. The number of carbonyl (C=O) groups is 1. The van der Waals surface area contributed by atoms with Gasteiger partial charge in [-0.1, -0.05) is 53.7 Å². The van der Waals surface area contributed by atoms with E-state index in [0.717, 1.165) is 23.4 Å². The highest BCUT2D eigenvalue weighted by Gasteiger charge is 2.31. The summed E-state index contributed by atoms with van der Waals surface area (Å²) in [5, 5.41) is 2.87. The van der Waals surface area contributed by atoms with Gasteiger partial charge in [0.15, 0.2) is 0 Å². The molecule has 2 aromatic rings. The molecule has 1 aromatic carbocycles. The topological polar surface area (TPSA) is 42.0 Å². The molecule has 1 unspecified atom stereocenters. The van der Waals surface area contributed by atoms with Crippen LogP contribution < -0.4 is 5.32 Å². The van der Waals surface area contributed by atoms with Gasteiger partial charge in [-0.25, -0.2) is 4.98 Å². The monoisotopic (exact) mass is 374 g/mol. The van der Waals surface area contributed by atoms with E-state index in [1.807, 2.05) is 37.3 Å². The van der Waals surface area contributed by atoms with Gasteiger partial charge in [0.2, 0.25) is 5.91 Å². The van der Waals surface area contributed by atoms with E-state index >= 15 is 0 Å². The second-order valence-electron chi connectivity index (χ2n) is 5.00. The fraction of sp³-hybridized carbons (Fsp3) is 0.250. The number of rotatable bonds is 5. The standard InChI is InChI=1S/C16H14ClF3N2OS/c1-10(11-5-3-2-4-6-11)22-14(23)9-24-15-13(17)7-12(8-21-15)16(18,19)20/h2-8,10H,9H2,1H3,(H,22,23). The van der Waals surface area contributed by atoms with E-state index < -0.39 is 11.7 Å². The highest BCUT2D eigenvalue weighted by Crippen LogP contribution is 2.33. The number of nitrogens with one attached hydrogen (secondary N) is 1. The number of alkyl halides is 3. The number of hydrogen-bond acceptors (Lipinski definition) is 3. The van der Waals surface area contributed by atoms with Gasteiger partial charge in [-0.05, 0) is 18.6 Å². The molecule has 1 heterocycles. The van der Waals surface area contributed by atoms with Crippen LogP contribution in [0, 0.1) is 0 Å². The molecule has 0 bridgehead atoms. The van der Waals surface area contributed by atoms with Crippen molar-refractivity contribution in [3.8, 4) is 0 Å². The minimum absolute atomic E-state index is 0.00918. The van der Waals surface area contributed by atoms with Crippen LogP contribution in [0.5, 0.6) is 0 Å². The van der Waals surface area contributed by atoms with E-state index in [9.17, 15) is 18.0 Å². The van der Waals surface area contributed by atoms with Gasteiger partial charge in [0, 0.05) is 6.20 Å². The van der Waals surface area contributed by atoms with E-state index in [-0.39, 0.29) is 27.8 Å². The van der Waals surface area contributed by atoms with Gasteiger partial charge in [0.05, 0.1) is 22.4 Å². The van der Waals surface area contributed by atoms with Gasteiger partial charge in [0.1, 0.15) is 5.03 Å². The number of halogens is 4. The first-order valence-electron chi connectivity index (χ1n) is 6.97. The molecule has 1 aromatic heterocycles. The maximum Gasteiger partial charge on any atom is 0.417 e. The van der Waals surface area contributed by atoms with E-state index in [1.54, 1.807) is 0 Å². The number of carbonyl (C=O) groups excluding carboxylic acids is 1. The van der Waals surface area contributed by atoms with Gasteiger partial charge in [-0.3, -0.25) is 4.79 Å². The van der Waals surface area contributed by atoms with Crippen LogP contribution in [-0.2, 0) is 11.0 Å². The normalized spacial score (nSPS) is 12.7. The van der Waals surface area contributed by atoms with Crippen LogP contribution in [0.4, 0.5) is 13.2 Å². The minimum atomic E-state index is -4.50. The molecule has 1 atom stereocenters. The largest absolute Gasteiger partial charge is 0.417 e. The summed E-state index contributed by atoms with van der Waals surface area (Å²) in [7, 11) is 0. The van der Waals surface area contributed by atoms with Crippen LogP contribution in [0.25, 0.3) is 0 Å².